The highest BCUT2D eigenvalue weighted by molar-refractivity contribution is 5.84. The lowest BCUT2D eigenvalue weighted by molar-refractivity contribution is 0.234. The van der Waals surface area contributed by atoms with Crippen molar-refractivity contribution in [2.75, 3.05) is 31.6 Å². The Morgan fingerprint density at radius 1 is 1.14 bits per heavy atom. The van der Waals surface area contributed by atoms with Gasteiger partial charge in [0.2, 0.25) is 0 Å². The minimum Gasteiger partial charge on any atom is -0.422 e. The Bertz CT molecular complexity index is 1270. The van der Waals surface area contributed by atoms with Gasteiger partial charge in [-0.05, 0) is 56.8 Å². The summed E-state index contributed by atoms with van der Waals surface area (Å²) in [5, 5.41) is 0.902. The van der Waals surface area contributed by atoms with E-state index in [9.17, 15) is 4.79 Å². The van der Waals surface area contributed by atoms with Gasteiger partial charge in [-0.3, -0.25) is 0 Å². The highest BCUT2D eigenvalue weighted by Gasteiger charge is 2.21. The minimum atomic E-state index is -0.360. The largest absolute Gasteiger partial charge is 0.422 e. The second-order valence-electron chi connectivity index (χ2n) is 8.04. The zero-order chi connectivity index (χ0) is 20.1. The standard InChI is InChI=1S/C23H24N4O2/c1-15-6-7-27-14-20(24-22(27)10-15)19-11-17-4-5-18(12-21(17)29-23(19)28)26-9-8-25(3)16(2)13-26/h4-7,10-12,14,16H,8-9,13H2,1-3H3/t16-/m0/s1. The third-order valence-corrected chi connectivity index (χ3v) is 5.94. The van der Waals surface area contributed by atoms with E-state index in [2.05, 4.69) is 34.8 Å². The number of fused-ring (bicyclic) bond motifs is 2. The lowest BCUT2D eigenvalue weighted by atomic mass is 10.1. The lowest BCUT2D eigenvalue weighted by Crippen LogP contribution is -2.50. The van der Waals surface area contributed by atoms with Crippen molar-refractivity contribution in [2.24, 2.45) is 0 Å². The van der Waals surface area contributed by atoms with E-state index in [0.717, 1.165) is 41.9 Å². The smallest absolute Gasteiger partial charge is 0.345 e. The molecule has 4 aromatic rings. The van der Waals surface area contributed by atoms with Crippen molar-refractivity contribution >= 4 is 22.3 Å². The predicted octanol–water partition coefficient (Wildman–Crippen LogP) is 3.56. The fourth-order valence-corrected chi connectivity index (χ4v) is 3.97. The first kappa shape index (κ1) is 17.9. The van der Waals surface area contributed by atoms with E-state index < -0.39 is 0 Å². The average molecular weight is 388 g/mol. The van der Waals surface area contributed by atoms with Gasteiger partial charge in [0.1, 0.15) is 11.2 Å². The number of nitrogens with zero attached hydrogens (tertiary/aromatic N) is 4. The maximum absolute atomic E-state index is 12.7. The number of anilines is 1. The maximum atomic E-state index is 12.7. The number of aryl methyl sites for hydroxylation is 1. The molecule has 1 aliphatic rings. The Kier molecular flexibility index (Phi) is 4.17. The molecular weight excluding hydrogens is 364 g/mol. The van der Waals surface area contributed by atoms with Gasteiger partial charge in [-0.2, -0.15) is 0 Å². The summed E-state index contributed by atoms with van der Waals surface area (Å²) in [6.45, 7) is 7.21. The lowest BCUT2D eigenvalue weighted by Gasteiger charge is -2.39. The zero-order valence-corrected chi connectivity index (χ0v) is 16.9. The van der Waals surface area contributed by atoms with Crippen LogP contribution in [0.2, 0.25) is 0 Å². The second-order valence-corrected chi connectivity index (χ2v) is 8.04. The molecule has 0 bridgehead atoms. The SMILES string of the molecule is Cc1ccn2cc(-c3cc4ccc(N5CCN(C)[C@@H](C)C5)cc4oc3=O)nc2c1. The first-order chi connectivity index (χ1) is 14.0. The molecule has 6 nitrogen and oxygen atoms in total. The topological polar surface area (TPSA) is 54.0 Å². The van der Waals surface area contributed by atoms with Crippen LogP contribution in [0.5, 0.6) is 0 Å². The van der Waals surface area contributed by atoms with Gasteiger partial charge in [0, 0.05) is 55.2 Å². The van der Waals surface area contributed by atoms with E-state index >= 15 is 0 Å². The maximum Gasteiger partial charge on any atom is 0.345 e. The summed E-state index contributed by atoms with van der Waals surface area (Å²) in [4.78, 5) is 22.0. The number of aromatic nitrogens is 2. The molecule has 0 saturated carbocycles. The van der Waals surface area contributed by atoms with Gasteiger partial charge in [-0.1, -0.05) is 0 Å². The van der Waals surface area contributed by atoms with Crippen LogP contribution < -0.4 is 10.5 Å². The van der Waals surface area contributed by atoms with Crippen LogP contribution in [0, 0.1) is 6.92 Å². The molecule has 1 fully saturated rings. The molecule has 0 radical (unpaired) electrons. The molecule has 148 valence electrons. The number of pyridine rings is 1. The number of likely N-dealkylation sites (N-methyl/N-ethyl adjacent to an activating group) is 1. The fraction of sp³-hybridized carbons (Fsp3) is 0.304. The van der Waals surface area contributed by atoms with Gasteiger partial charge in [-0.15, -0.1) is 0 Å². The van der Waals surface area contributed by atoms with Crippen molar-refractivity contribution in [1.29, 1.82) is 0 Å². The predicted molar refractivity (Wildman–Crippen MR) is 116 cm³/mol. The molecule has 4 heterocycles. The van der Waals surface area contributed by atoms with Crippen LogP contribution in [-0.2, 0) is 0 Å². The summed E-state index contributed by atoms with van der Waals surface area (Å²) in [5.41, 5.74) is 4.41. The molecule has 29 heavy (non-hydrogen) atoms. The molecule has 1 saturated heterocycles. The monoisotopic (exact) mass is 388 g/mol. The van der Waals surface area contributed by atoms with Gasteiger partial charge in [0.05, 0.1) is 11.3 Å². The Balaban J connectivity index is 1.53. The Morgan fingerprint density at radius 3 is 2.83 bits per heavy atom. The van der Waals surface area contributed by atoms with Crippen molar-refractivity contribution in [3.05, 3.63) is 64.8 Å². The molecule has 5 rings (SSSR count). The van der Waals surface area contributed by atoms with Crippen molar-refractivity contribution in [2.45, 2.75) is 19.9 Å². The Morgan fingerprint density at radius 2 is 2.00 bits per heavy atom. The van der Waals surface area contributed by atoms with Gasteiger partial charge < -0.3 is 18.6 Å². The average Bonchev–Trinajstić information content (AvgIpc) is 3.12. The number of hydrogen-bond donors (Lipinski definition) is 0. The van der Waals surface area contributed by atoms with Crippen molar-refractivity contribution in [3.63, 3.8) is 0 Å². The van der Waals surface area contributed by atoms with E-state index in [1.165, 1.54) is 0 Å². The normalized spacial score (nSPS) is 18.0. The molecule has 3 aromatic heterocycles. The van der Waals surface area contributed by atoms with Crippen molar-refractivity contribution in [3.8, 4) is 11.3 Å². The van der Waals surface area contributed by atoms with Crippen LogP contribution in [0.4, 0.5) is 5.69 Å². The zero-order valence-electron chi connectivity index (χ0n) is 16.9. The van der Waals surface area contributed by atoms with Crippen LogP contribution >= 0.6 is 0 Å². The van der Waals surface area contributed by atoms with Gasteiger partial charge >= 0.3 is 5.63 Å². The fourth-order valence-electron chi connectivity index (χ4n) is 3.97. The van der Waals surface area contributed by atoms with Crippen LogP contribution in [0.25, 0.3) is 27.9 Å². The first-order valence-electron chi connectivity index (χ1n) is 9.97. The highest BCUT2D eigenvalue weighted by Crippen LogP contribution is 2.26. The third kappa shape index (κ3) is 3.19. The third-order valence-electron chi connectivity index (χ3n) is 5.94. The quantitative estimate of drug-likeness (QED) is 0.492. The molecule has 0 N–H and O–H groups in total. The number of piperazine rings is 1. The first-order valence-corrected chi connectivity index (χ1v) is 9.97. The van der Waals surface area contributed by atoms with Gasteiger partial charge in [-0.25, -0.2) is 9.78 Å². The summed E-state index contributed by atoms with van der Waals surface area (Å²) in [6, 6.07) is 12.5. The molecule has 0 spiro atoms. The van der Waals surface area contributed by atoms with E-state index in [1.807, 2.05) is 54.0 Å². The van der Waals surface area contributed by atoms with Crippen molar-refractivity contribution < 1.29 is 4.42 Å². The summed E-state index contributed by atoms with van der Waals surface area (Å²) in [7, 11) is 2.16. The Labute approximate surface area is 169 Å². The molecule has 0 aliphatic carbocycles. The van der Waals surface area contributed by atoms with Crippen molar-refractivity contribution in [1.82, 2.24) is 14.3 Å². The van der Waals surface area contributed by atoms with Crippen LogP contribution in [0.3, 0.4) is 0 Å². The number of imidazole rings is 1. The molecule has 0 amide bonds. The summed E-state index contributed by atoms with van der Waals surface area (Å²) in [6.07, 6.45) is 3.82. The molecular formula is C23H24N4O2. The Hall–Kier alpha value is -3.12. The number of hydrogen-bond acceptors (Lipinski definition) is 5. The van der Waals surface area contributed by atoms with Gasteiger partial charge in [0.15, 0.2) is 0 Å². The summed E-state index contributed by atoms with van der Waals surface area (Å²) < 4.78 is 7.62. The molecule has 6 heteroatoms. The summed E-state index contributed by atoms with van der Waals surface area (Å²) in [5.74, 6) is 0. The minimum absolute atomic E-state index is 0.360. The van der Waals surface area contributed by atoms with E-state index in [1.54, 1.807) is 0 Å². The molecule has 1 aliphatic heterocycles. The van der Waals surface area contributed by atoms with Crippen LogP contribution in [0.15, 0.2) is 58.0 Å². The van der Waals surface area contributed by atoms with E-state index in [0.29, 0.717) is 22.9 Å². The highest BCUT2D eigenvalue weighted by atomic mass is 16.4. The molecule has 1 aromatic carbocycles. The van der Waals surface area contributed by atoms with Gasteiger partial charge in [0.25, 0.3) is 0 Å². The van der Waals surface area contributed by atoms with Crippen LogP contribution in [0.1, 0.15) is 12.5 Å². The summed E-state index contributed by atoms with van der Waals surface area (Å²) >= 11 is 0. The van der Waals surface area contributed by atoms with Crippen LogP contribution in [-0.4, -0.2) is 47.0 Å². The molecule has 0 unspecified atom stereocenters. The van der Waals surface area contributed by atoms with E-state index in [4.69, 9.17) is 4.42 Å². The number of benzene rings is 1. The van der Waals surface area contributed by atoms with E-state index in [-0.39, 0.29) is 5.63 Å². The number of rotatable bonds is 2. The molecule has 1 atom stereocenters. The second kappa shape index (κ2) is 6.74.